The fraction of sp³-hybridized carbons (Fsp3) is 0.511. The van der Waals surface area contributed by atoms with Gasteiger partial charge in [0.15, 0.2) is 5.65 Å². The van der Waals surface area contributed by atoms with Gasteiger partial charge in [0, 0.05) is 44.5 Å². The quantitative estimate of drug-likeness (QED) is 0.151. The molecule has 4 fully saturated rings. The van der Waals surface area contributed by atoms with Crippen LogP contribution in [0.4, 0.5) is 17.3 Å². The van der Waals surface area contributed by atoms with Crippen LogP contribution < -0.4 is 20.3 Å². The maximum Gasteiger partial charge on any atom is 0.267 e. The number of nitrogen functional groups attached to an aromatic ring is 1. The number of pyridine rings is 1. The lowest BCUT2D eigenvalue weighted by Gasteiger charge is -2.34. The Bertz CT molecular complexity index is 2610. The number of piperidine rings is 1. The largest absolute Gasteiger partial charge is 0.475 e. The van der Waals surface area contributed by atoms with E-state index in [1.54, 1.807) is 18.0 Å². The number of ether oxygens (including phenoxy) is 1. The molecule has 1 aromatic carbocycles. The number of amides is 2. The van der Waals surface area contributed by atoms with Gasteiger partial charge >= 0.3 is 0 Å². The summed E-state index contributed by atoms with van der Waals surface area (Å²) in [5.41, 5.74) is 9.61. The molecule has 2 amide bonds. The molecule has 2 aliphatic carbocycles. The highest BCUT2D eigenvalue weighted by Crippen LogP contribution is 2.48. The van der Waals surface area contributed by atoms with Gasteiger partial charge in [-0.15, -0.1) is 0 Å². The van der Waals surface area contributed by atoms with Crippen LogP contribution in [-0.2, 0) is 25.2 Å². The SMILES string of the molecule is CC(=O)CC1CCC(c2ccc(N3CCOc4ncnc(N)c4C3=O)cc2)CC1.CS(=O)(=O)O.O=C([C@@H]1CCCN(c2ccc3[nH]c(C4(n5cc(Cl)cn5)CC4)nc3n2)C1)N1CCCC1. The maximum absolute atomic E-state index is 13.0. The zero-order valence-corrected chi connectivity index (χ0v) is 38.3. The molecular formula is C45H56ClN11O7S. The highest BCUT2D eigenvalue weighted by molar-refractivity contribution is 7.85. The number of fused-ring (bicyclic) bond motifs is 2. The van der Waals surface area contributed by atoms with Crippen molar-refractivity contribution in [2.45, 2.75) is 89.0 Å². The van der Waals surface area contributed by atoms with Gasteiger partial charge in [-0.1, -0.05) is 23.7 Å². The molecule has 0 spiro atoms. The molecule has 0 bridgehead atoms. The molecule has 1 atom stereocenters. The van der Waals surface area contributed by atoms with Crippen molar-refractivity contribution in [1.29, 1.82) is 0 Å². The van der Waals surface area contributed by atoms with E-state index < -0.39 is 10.1 Å². The van der Waals surface area contributed by atoms with Crippen molar-refractivity contribution in [2.24, 2.45) is 11.8 Å². The van der Waals surface area contributed by atoms with Crippen LogP contribution in [0, 0.1) is 11.8 Å². The minimum absolute atomic E-state index is 0.0680. The fourth-order valence-corrected chi connectivity index (χ4v) is 9.67. The Labute approximate surface area is 383 Å². The van der Waals surface area contributed by atoms with E-state index in [-0.39, 0.29) is 40.4 Å². The lowest BCUT2D eigenvalue weighted by Crippen LogP contribution is -2.44. The van der Waals surface area contributed by atoms with Crippen molar-refractivity contribution in [1.82, 2.24) is 39.6 Å². The number of hydrogen-bond acceptors (Lipinski definition) is 13. The second kappa shape index (κ2) is 19.4. The molecule has 2 saturated heterocycles. The molecule has 7 heterocycles. The molecule has 4 aromatic heterocycles. The average Bonchev–Trinajstić information content (AvgIpc) is 3.55. The normalized spacial score (nSPS) is 21.6. The number of rotatable bonds is 8. The van der Waals surface area contributed by atoms with Gasteiger partial charge in [0.05, 0.1) is 35.5 Å². The first-order valence-electron chi connectivity index (χ1n) is 22.3. The minimum atomic E-state index is -3.67. The zero-order chi connectivity index (χ0) is 45.9. The Morgan fingerprint density at radius 3 is 2.35 bits per heavy atom. The Hall–Kier alpha value is -5.66. The third kappa shape index (κ3) is 10.9. The van der Waals surface area contributed by atoms with Crippen LogP contribution >= 0.6 is 11.6 Å². The van der Waals surface area contributed by atoms with E-state index in [1.807, 2.05) is 40.0 Å². The molecule has 5 aliphatic rings. The lowest BCUT2D eigenvalue weighted by molar-refractivity contribution is -0.134. The molecule has 4 N–H and O–H groups in total. The summed E-state index contributed by atoms with van der Waals surface area (Å²) in [5, 5.41) is 5.04. The summed E-state index contributed by atoms with van der Waals surface area (Å²) < 4.78 is 33.4. The molecule has 0 unspecified atom stereocenters. The van der Waals surface area contributed by atoms with Crippen molar-refractivity contribution in [3.05, 3.63) is 77.1 Å². The number of nitrogens with one attached hydrogen (secondary N) is 1. The smallest absolute Gasteiger partial charge is 0.267 e. The summed E-state index contributed by atoms with van der Waals surface area (Å²) in [7, 11) is -3.67. The van der Waals surface area contributed by atoms with Gasteiger partial charge in [-0.05, 0) is 113 Å². The van der Waals surface area contributed by atoms with Gasteiger partial charge < -0.3 is 34.9 Å². The first-order chi connectivity index (χ1) is 31.1. The second-order valence-corrected chi connectivity index (χ2v) is 19.7. The number of carbonyl (C=O) groups excluding carboxylic acids is 3. The molecule has 20 heteroatoms. The Morgan fingerprint density at radius 2 is 1.69 bits per heavy atom. The number of ketones is 1. The predicted molar refractivity (Wildman–Crippen MR) is 246 cm³/mol. The van der Waals surface area contributed by atoms with Gasteiger partial charge in [0.2, 0.25) is 11.8 Å². The van der Waals surface area contributed by atoms with Crippen LogP contribution in [0.5, 0.6) is 5.88 Å². The summed E-state index contributed by atoms with van der Waals surface area (Å²) in [4.78, 5) is 64.3. The molecule has 3 aliphatic heterocycles. The van der Waals surface area contributed by atoms with E-state index in [1.165, 1.54) is 11.9 Å². The molecular weight excluding hydrogens is 874 g/mol. The van der Waals surface area contributed by atoms with Crippen molar-refractivity contribution < 1.29 is 32.1 Å². The van der Waals surface area contributed by atoms with Gasteiger partial charge in [-0.3, -0.25) is 18.8 Å². The van der Waals surface area contributed by atoms with E-state index >= 15 is 0 Å². The van der Waals surface area contributed by atoms with Gasteiger partial charge in [0.25, 0.3) is 16.0 Å². The van der Waals surface area contributed by atoms with Crippen LogP contribution in [0.3, 0.4) is 0 Å². The minimum Gasteiger partial charge on any atom is -0.475 e. The number of carbonyl (C=O) groups is 3. The first kappa shape index (κ1) is 45.9. The predicted octanol–water partition coefficient (Wildman–Crippen LogP) is 6.04. The summed E-state index contributed by atoms with van der Waals surface area (Å²) in [5.74, 6) is 3.63. The standard InChI is InChI=1S/C22H26ClN7O.C22H26N4O3.CH4O3S/c23-16-12-24-30(14-16)22(7-8-22)21-25-17-5-6-18(26-19(17)27-21)29-11-3-4-15(13-29)20(31)28-9-1-2-10-28;1-14(27)12-15-2-4-16(5-3-15)17-6-8-18(9-7-17)26-10-11-29-21-19(22(26)28)20(23)24-13-25-21;1-5(2,3)4/h5-6,12,14-15H,1-4,7-11,13H2,(H,25,26,27);6-9,13,15-16H,2-5,10-12H2,1H3,(H2,23,24,25);1H3,(H,2,3,4)/t15-;;/m1../s1. The maximum atomic E-state index is 13.0. The van der Waals surface area contributed by atoms with Crippen molar-refractivity contribution in [2.75, 3.05) is 61.1 Å². The summed E-state index contributed by atoms with van der Waals surface area (Å²) >= 11 is 6.08. The highest BCUT2D eigenvalue weighted by Gasteiger charge is 2.50. The molecule has 0 radical (unpaired) electrons. The zero-order valence-electron chi connectivity index (χ0n) is 36.7. The number of nitrogens with zero attached hydrogens (tertiary/aromatic N) is 9. The van der Waals surface area contributed by atoms with Gasteiger partial charge in [0.1, 0.15) is 47.3 Å². The Morgan fingerprint density at radius 1 is 0.969 bits per heavy atom. The number of Topliss-reactive ketones (excluding diaryl/α,β-unsaturated/α-hetero) is 1. The topological polar surface area (TPSA) is 236 Å². The molecule has 5 aromatic rings. The second-order valence-electron chi connectivity index (χ2n) is 17.8. The number of aromatic amines is 1. The monoisotopic (exact) mass is 929 g/mol. The number of hydrogen-bond donors (Lipinski definition) is 3. The number of anilines is 3. The van der Waals surface area contributed by atoms with Crippen molar-refractivity contribution in [3.63, 3.8) is 0 Å². The number of aromatic nitrogens is 7. The van der Waals surface area contributed by atoms with Crippen LogP contribution in [0.25, 0.3) is 11.2 Å². The van der Waals surface area contributed by atoms with Crippen LogP contribution in [0.15, 0.2) is 55.1 Å². The fourth-order valence-electron chi connectivity index (χ4n) is 9.53. The number of halogens is 1. The van der Waals surface area contributed by atoms with E-state index in [0.29, 0.717) is 54.2 Å². The molecule has 10 rings (SSSR count). The van der Waals surface area contributed by atoms with Crippen molar-refractivity contribution in [3.8, 4) is 5.88 Å². The number of nitrogens with two attached hydrogens (primary N) is 1. The average molecular weight is 931 g/mol. The number of imidazole rings is 1. The van der Waals surface area contributed by atoms with Crippen LogP contribution in [-0.4, -0.2) is 116 Å². The first-order valence-corrected chi connectivity index (χ1v) is 24.6. The van der Waals surface area contributed by atoms with Crippen molar-refractivity contribution >= 4 is 67.8 Å². The number of likely N-dealkylation sites (tertiary alicyclic amines) is 1. The van der Waals surface area contributed by atoms with Gasteiger partial charge in [-0.2, -0.15) is 13.5 Å². The molecule has 346 valence electrons. The van der Waals surface area contributed by atoms with Gasteiger partial charge in [-0.25, -0.2) is 19.9 Å². The summed E-state index contributed by atoms with van der Waals surface area (Å²) in [6.45, 7) is 5.94. The highest BCUT2D eigenvalue weighted by atomic mass is 35.5. The summed E-state index contributed by atoms with van der Waals surface area (Å²) in [6, 6.07) is 12.3. The van der Waals surface area contributed by atoms with E-state index in [9.17, 15) is 22.8 Å². The van der Waals surface area contributed by atoms with E-state index in [0.717, 1.165) is 113 Å². The van der Waals surface area contributed by atoms with E-state index in [4.69, 9.17) is 36.6 Å². The molecule has 65 heavy (non-hydrogen) atoms. The molecule has 18 nitrogen and oxygen atoms in total. The Kier molecular flexibility index (Phi) is 13.7. The third-order valence-corrected chi connectivity index (χ3v) is 13.1. The number of H-pyrrole nitrogens is 1. The number of benzene rings is 1. The van der Waals surface area contributed by atoms with E-state index in [2.05, 4.69) is 37.1 Å². The summed E-state index contributed by atoms with van der Waals surface area (Å²) in [6.07, 6.45) is 16.9. The van der Waals surface area contributed by atoms with Crippen LogP contribution in [0.2, 0.25) is 5.02 Å². The molecule has 2 saturated carbocycles. The lowest BCUT2D eigenvalue weighted by atomic mass is 9.77. The Balaban J connectivity index is 0.000000161. The van der Waals surface area contributed by atoms with Crippen LogP contribution in [0.1, 0.15) is 105 Å². The third-order valence-electron chi connectivity index (χ3n) is 13.0.